The van der Waals surface area contributed by atoms with Gasteiger partial charge in [0.05, 0.1) is 7.11 Å². The van der Waals surface area contributed by atoms with Crippen molar-refractivity contribution in [1.29, 1.82) is 0 Å². The van der Waals surface area contributed by atoms with Crippen LogP contribution in [-0.4, -0.2) is 7.11 Å². The normalized spacial score (nSPS) is 11.4. The van der Waals surface area contributed by atoms with Crippen LogP contribution in [0, 0.1) is 0 Å². The average molecular weight is 230 g/mol. The maximum absolute atomic E-state index is 5.43. The summed E-state index contributed by atoms with van der Waals surface area (Å²) in [4.78, 5) is 0. The van der Waals surface area contributed by atoms with Crippen LogP contribution in [0.1, 0.15) is 38.3 Å². The van der Waals surface area contributed by atoms with Crippen LogP contribution < -0.4 is 4.74 Å². The fourth-order valence-corrected chi connectivity index (χ4v) is 1.78. The van der Waals surface area contributed by atoms with E-state index in [1.54, 1.807) is 7.11 Å². The number of allylic oxidation sites excluding steroid dienone is 2. The molecule has 0 spiro atoms. The van der Waals surface area contributed by atoms with Gasteiger partial charge in [0.1, 0.15) is 5.75 Å². The van der Waals surface area contributed by atoms with Crippen LogP contribution in [0.2, 0.25) is 0 Å². The van der Waals surface area contributed by atoms with Gasteiger partial charge in [-0.3, -0.25) is 0 Å². The topological polar surface area (TPSA) is 9.23 Å². The number of hydrogen-bond acceptors (Lipinski definition) is 1. The first kappa shape index (κ1) is 13.6. The van der Waals surface area contributed by atoms with Crippen molar-refractivity contribution in [3.8, 4) is 5.75 Å². The number of hydrogen-bond donors (Lipinski definition) is 0. The first-order chi connectivity index (χ1) is 8.10. The van der Waals surface area contributed by atoms with Gasteiger partial charge in [-0.15, -0.1) is 0 Å². The van der Waals surface area contributed by atoms with Crippen LogP contribution in [0.15, 0.2) is 35.9 Å². The van der Waals surface area contributed by atoms with Crippen molar-refractivity contribution in [1.82, 2.24) is 0 Å². The third-order valence-corrected chi connectivity index (χ3v) is 2.93. The fourth-order valence-electron chi connectivity index (χ4n) is 1.78. The van der Waals surface area contributed by atoms with E-state index in [0.29, 0.717) is 0 Å². The molecule has 0 aliphatic rings. The van der Waals surface area contributed by atoms with Crippen LogP contribution in [0.25, 0.3) is 6.08 Å². The molecule has 92 valence electrons. The molecule has 0 saturated carbocycles. The van der Waals surface area contributed by atoms with Crippen LogP contribution in [0.3, 0.4) is 0 Å². The van der Waals surface area contributed by atoms with E-state index in [1.807, 2.05) is 19.1 Å². The van der Waals surface area contributed by atoms with E-state index in [0.717, 1.165) is 24.2 Å². The third-order valence-electron chi connectivity index (χ3n) is 2.93. The standard InChI is InChI=1S/C16H22O/c1-6-8-15-14(11-13(4)12(2)3)9-7-10-16(15)17-5/h7,9-11H,2,6,8H2,1,3-5H3/b13-11+. The predicted octanol–water partition coefficient (Wildman–Crippen LogP) is 4.63. The van der Waals surface area contributed by atoms with Gasteiger partial charge in [-0.25, -0.2) is 0 Å². The molecule has 0 unspecified atom stereocenters. The monoisotopic (exact) mass is 230 g/mol. The minimum absolute atomic E-state index is 0.982. The Morgan fingerprint density at radius 2 is 2.06 bits per heavy atom. The molecule has 0 amide bonds. The van der Waals surface area contributed by atoms with E-state index >= 15 is 0 Å². The molecule has 17 heavy (non-hydrogen) atoms. The molecule has 0 aromatic heterocycles. The summed E-state index contributed by atoms with van der Waals surface area (Å²) in [6.45, 7) is 10.3. The van der Waals surface area contributed by atoms with Crippen LogP contribution >= 0.6 is 0 Å². The molecule has 0 radical (unpaired) electrons. The quantitative estimate of drug-likeness (QED) is 0.670. The summed E-state index contributed by atoms with van der Waals surface area (Å²) in [5.74, 6) is 0.982. The molecule has 0 N–H and O–H groups in total. The zero-order valence-corrected chi connectivity index (χ0v) is 11.3. The summed E-state index contributed by atoms with van der Waals surface area (Å²) in [6.07, 6.45) is 4.35. The maximum atomic E-state index is 5.43. The van der Waals surface area contributed by atoms with Gasteiger partial charge in [0.15, 0.2) is 0 Å². The molecule has 1 aromatic rings. The van der Waals surface area contributed by atoms with E-state index in [1.165, 1.54) is 16.7 Å². The second-order valence-corrected chi connectivity index (χ2v) is 4.39. The summed E-state index contributed by atoms with van der Waals surface area (Å²) in [5, 5.41) is 0. The van der Waals surface area contributed by atoms with E-state index in [2.05, 4.69) is 32.6 Å². The summed E-state index contributed by atoms with van der Waals surface area (Å²) >= 11 is 0. The van der Waals surface area contributed by atoms with Crippen molar-refractivity contribution in [2.24, 2.45) is 0 Å². The van der Waals surface area contributed by atoms with E-state index in [-0.39, 0.29) is 0 Å². The van der Waals surface area contributed by atoms with Gasteiger partial charge in [0.25, 0.3) is 0 Å². The summed E-state index contributed by atoms with van der Waals surface area (Å²) in [5.41, 5.74) is 4.86. The lowest BCUT2D eigenvalue weighted by Crippen LogP contribution is -1.95. The number of ether oxygens (including phenoxy) is 1. The van der Waals surface area contributed by atoms with Crippen molar-refractivity contribution < 1.29 is 4.74 Å². The molecular formula is C16H22O. The Morgan fingerprint density at radius 3 is 2.59 bits per heavy atom. The largest absolute Gasteiger partial charge is 0.496 e. The number of methoxy groups -OCH3 is 1. The van der Waals surface area contributed by atoms with Gasteiger partial charge in [0, 0.05) is 5.56 Å². The molecule has 1 heteroatoms. The van der Waals surface area contributed by atoms with Crippen LogP contribution in [0.5, 0.6) is 5.75 Å². The lowest BCUT2D eigenvalue weighted by Gasteiger charge is -2.11. The molecule has 0 atom stereocenters. The summed E-state index contributed by atoms with van der Waals surface area (Å²) < 4.78 is 5.43. The summed E-state index contributed by atoms with van der Waals surface area (Å²) in [7, 11) is 1.73. The van der Waals surface area contributed by atoms with E-state index < -0.39 is 0 Å². The van der Waals surface area contributed by atoms with Gasteiger partial charge < -0.3 is 4.74 Å². The fraction of sp³-hybridized carbons (Fsp3) is 0.375. The molecule has 0 heterocycles. The lowest BCUT2D eigenvalue weighted by molar-refractivity contribution is 0.409. The lowest BCUT2D eigenvalue weighted by atomic mass is 9.98. The number of benzene rings is 1. The Labute approximate surface area is 105 Å². The van der Waals surface area contributed by atoms with Crippen molar-refractivity contribution in [3.63, 3.8) is 0 Å². The molecule has 0 saturated heterocycles. The third kappa shape index (κ3) is 3.48. The average Bonchev–Trinajstić information content (AvgIpc) is 2.31. The molecule has 0 bridgehead atoms. The van der Waals surface area contributed by atoms with E-state index in [4.69, 9.17) is 4.74 Å². The second kappa shape index (κ2) is 6.29. The zero-order valence-electron chi connectivity index (χ0n) is 11.3. The van der Waals surface area contributed by atoms with Crippen LogP contribution in [-0.2, 0) is 6.42 Å². The Hall–Kier alpha value is -1.50. The molecular weight excluding hydrogens is 208 g/mol. The Balaban J connectivity index is 3.23. The first-order valence-corrected chi connectivity index (χ1v) is 6.10. The Kier molecular flexibility index (Phi) is 5.02. The number of rotatable bonds is 5. The van der Waals surface area contributed by atoms with Crippen molar-refractivity contribution in [3.05, 3.63) is 47.1 Å². The van der Waals surface area contributed by atoms with Crippen molar-refractivity contribution in [2.75, 3.05) is 7.11 Å². The highest BCUT2D eigenvalue weighted by Crippen LogP contribution is 2.26. The first-order valence-electron chi connectivity index (χ1n) is 6.10. The molecule has 1 nitrogen and oxygen atoms in total. The van der Waals surface area contributed by atoms with Gasteiger partial charge >= 0.3 is 0 Å². The maximum Gasteiger partial charge on any atom is 0.122 e. The smallest absolute Gasteiger partial charge is 0.122 e. The van der Waals surface area contributed by atoms with E-state index in [9.17, 15) is 0 Å². The van der Waals surface area contributed by atoms with Crippen molar-refractivity contribution in [2.45, 2.75) is 33.6 Å². The van der Waals surface area contributed by atoms with Gasteiger partial charge in [0.2, 0.25) is 0 Å². The SMILES string of the molecule is C=C(C)/C(C)=C/c1cccc(OC)c1CCC. The van der Waals surface area contributed by atoms with Gasteiger partial charge in [-0.1, -0.05) is 43.7 Å². The molecule has 0 aliphatic carbocycles. The predicted molar refractivity (Wildman–Crippen MR) is 75.5 cm³/mol. The highest BCUT2D eigenvalue weighted by atomic mass is 16.5. The summed E-state index contributed by atoms with van der Waals surface area (Å²) in [6, 6.07) is 6.20. The second-order valence-electron chi connectivity index (χ2n) is 4.39. The van der Waals surface area contributed by atoms with Gasteiger partial charge in [-0.2, -0.15) is 0 Å². The highest BCUT2D eigenvalue weighted by molar-refractivity contribution is 5.62. The molecule has 0 fully saturated rings. The highest BCUT2D eigenvalue weighted by Gasteiger charge is 2.06. The minimum Gasteiger partial charge on any atom is -0.496 e. The molecule has 1 rings (SSSR count). The Bertz CT molecular complexity index is 427. The molecule has 0 aliphatic heterocycles. The Morgan fingerprint density at radius 1 is 1.35 bits per heavy atom. The molecule has 1 aromatic carbocycles. The zero-order chi connectivity index (χ0) is 12.8. The van der Waals surface area contributed by atoms with Crippen molar-refractivity contribution >= 4 is 6.08 Å². The van der Waals surface area contributed by atoms with Crippen LogP contribution in [0.4, 0.5) is 0 Å². The minimum atomic E-state index is 0.982. The van der Waals surface area contributed by atoms with Gasteiger partial charge in [-0.05, 0) is 37.5 Å².